The van der Waals surface area contributed by atoms with Gasteiger partial charge < -0.3 is 14.2 Å². The lowest BCUT2D eigenvalue weighted by Crippen LogP contribution is -2.18. The van der Waals surface area contributed by atoms with Crippen LogP contribution in [0.2, 0.25) is 0 Å². The first-order valence-electron chi connectivity index (χ1n) is 5.23. The van der Waals surface area contributed by atoms with Crippen molar-refractivity contribution in [2.45, 2.75) is 31.0 Å². The highest BCUT2D eigenvalue weighted by molar-refractivity contribution is 9.10. The Balaban J connectivity index is 3.54. The minimum atomic E-state index is -0.293. The Kier molecular flexibility index (Phi) is 10.2. The Morgan fingerprint density at radius 2 is 2.00 bits per heavy atom. The molecule has 0 N–H and O–H groups in total. The molecule has 17 heavy (non-hydrogen) atoms. The van der Waals surface area contributed by atoms with Gasteiger partial charge in [-0.25, -0.2) is 0 Å². The van der Waals surface area contributed by atoms with Crippen LogP contribution in [0.4, 0.5) is 0 Å². The van der Waals surface area contributed by atoms with Crippen LogP contribution in [0.1, 0.15) is 20.8 Å². The van der Waals surface area contributed by atoms with Gasteiger partial charge in [0.25, 0.3) is 0 Å². The molecule has 0 aromatic carbocycles. The molecule has 0 radical (unpaired) electrons. The van der Waals surface area contributed by atoms with Crippen molar-refractivity contribution >= 4 is 50.3 Å². The second kappa shape index (κ2) is 10.1. The van der Waals surface area contributed by atoms with Crippen LogP contribution in [0.3, 0.4) is 0 Å². The van der Waals surface area contributed by atoms with Crippen LogP contribution >= 0.6 is 39.9 Å². The molecule has 4 nitrogen and oxygen atoms in total. The number of ether oxygens (including phenoxy) is 3. The summed E-state index contributed by atoms with van der Waals surface area (Å²) in [6.07, 6.45) is 0. The highest BCUT2D eigenvalue weighted by Gasteiger charge is 2.11. The molecule has 2 atom stereocenters. The van der Waals surface area contributed by atoms with Crippen molar-refractivity contribution in [3.8, 4) is 0 Å². The standard InChI is InChI=1S/C10H17BrO4S2/c1-4-13-10(16)17-8(3)14-5-6-15-9(12)7(2)11/h7-8H,4-6H2,1-3H3. The number of thiocarbonyl (C=S) groups is 1. The third-order valence-corrected chi connectivity index (χ3v) is 3.09. The van der Waals surface area contributed by atoms with E-state index in [1.807, 2.05) is 13.8 Å². The summed E-state index contributed by atoms with van der Waals surface area (Å²) in [6, 6.07) is 0. The molecular weight excluding hydrogens is 328 g/mol. The van der Waals surface area contributed by atoms with Crippen LogP contribution in [-0.2, 0) is 19.0 Å². The summed E-state index contributed by atoms with van der Waals surface area (Å²) < 4.78 is 15.9. The summed E-state index contributed by atoms with van der Waals surface area (Å²) in [7, 11) is 0. The SMILES string of the molecule is CCOC(=S)SC(C)OCCOC(=O)C(C)Br. The number of hydrogen-bond acceptors (Lipinski definition) is 6. The number of carbonyl (C=O) groups excluding carboxylic acids is 1. The topological polar surface area (TPSA) is 44.8 Å². The summed E-state index contributed by atoms with van der Waals surface area (Å²) in [6.45, 7) is 6.58. The lowest BCUT2D eigenvalue weighted by molar-refractivity contribution is -0.144. The van der Waals surface area contributed by atoms with Crippen molar-refractivity contribution in [3.05, 3.63) is 0 Å². The molecule has 100 valence electrons. The summed E-state index contributed by atoms with van der Waals surface area (Å²) in [5, 5.41) is 0. The zero-order valence-electron chi connectivity index (χ0n) is 10.1. The zero-order valence-corrected chi connectivity index (χ0v) is 13.3. The molecule has 0 saturated carbocycles. The van der Waals surface area contributed by atoms with E-state index < -0.39 is 0 Å². The molecule has 0 fully saturated rings. The number of thioether (sulfide) groups is 1. The Morgan fingerprint density at radius 3 is 2.53 bits per heavy atom. The predicted octanol–water partition coefficient (Wildman–Crippen LogP) is 2.73. The second-order valence-corrected chi connectivity index (χ2v) is 6.30. The Labute approximate surface area is 120 Å². The molecule has 2 unspecified atom stereocenters. The predicted molar refractivity (Wildman–Crippen MR) is 76.6 cm³/mol. The maximum absolute atomic E-state index is 11.1. The lowest BCUT2D eigenvalue weighted by Gasteiger charge is -2.13. The number of halogens is 1. The van der Waals surface area contributed by atoms with Crippen LogP contribution in [0.15, 0.2) is 0 Å². The third kappa shape index (κ3) is 9.82. The number of hydrogen-bond donors (Lipinski definition) is 0. The lowest BCUT2D eigenvalue weighted by atomic mass is 10.5. The smallest absolute Gasteiger partial charge is 0.319 e. The van der Waals surface area contributed by atoms with Gasteiger partial charge in [0.05, 0.1) is 13.2 Å². The number of esters is 1. The van der Waals surface area contributed by atoms with E-state index in [1.54, 1.807) is 6.92 Å². The summed E-state index contributed by atoms with van der Waals surface area (Å²) >= 11 is 9.40. The average Bonchev–Trinajstić information content (AvgIpc) is 2.24. The molecule has 0 aromatic rings. The van der Waals surface area contributed by atoms with Gasteiger partial charge in [-0.2, -0.15) is 0 Å². The van der Waals surface area contributed by atoms with E-state index in [4.69, 9.17) is 26.4 Å². The molecule has 0 amide bonds. The molecule has 0 bridgehead atoms. The number of rotatable bonds is 7. The summed E-state index contributed by atoms with van der Waals surface area (Å²) in [5.41, 5.74) is -0.117. The van der Waals surface area contributed by atoms with Crippen molar-refractivity contribution in [1.29, 1.82) is 0 Å². The number of carbonyl (C=O) groups is 1. The maximum atomic E-state index is 11.1. The van der Waals surface area contributed by atoms with Crippen molar-refractivity contribution < 1.29 is 19.0 Å². The quantitative estimate of drug-likeness (QED) is 0.232. The van der Waals surface area contributed by atoms with E-state index in [9.17, 15) is 4.79 Å². The first-order valence-corrected chi connectivity index (χ1v) is 7.43. The van der Waals surface area contributed by atoms with E-state index in [0.29, 0.717) is 17.6 Å². The van der Waals surface area contributed by atoms with Crippen LogP contribution in [-0.4, -0.2) is 40.4 Å². The van der Waals surface area contributed by atoms with Gasteiger partial charge in [-0.3, -0.25) is 4.79 Å². The van der Waals surface area contributed by atoms with Gasteiger partial charge in [-0.15, -0.1) is 0 Å². The molecule has 0 saturated heterocycles. The molecule has 0 aromatic heterocycles. The highest BCUT2D eigenvalue weighted by Crippen LogP contribution is 2.15. The minimum Gasteiger partial charge on any atom is -0.479 e. The van der Waals surface area contributed by atoms with E-state index >= 15 is 0 Å². The Bertz CT molecular complexity index is 248. The van der Waals surface area contributed by atoms with Crippen LogP contribution in [0, 0.1) is 0 Å². The maximum Gasteiger partial charge on any atom is 0.319 e. The van der Waals surface area contributed by atoms with Gasteiger partial charge in [0.15, 0.2) is 0 Å². The van der Waals surface area contributed by atoms with Crippen molar-refractivity contribution in [2.24, 2.45) is 0 Å². The van der Waals surface area contributed by atoms with Gasteiger partial charge in [-0.05, 0) is 44.8 Å². The van der Waals surface area contributed by atoms with Gasteiger partial charge in [-0.1, -0.05) is 15.9 Å². The molecule has 7 heteroatoms. The molecule has 0 rings (SSSR count). The molecule has 0 aliphatic carbocycles. The molecule has 0 spiro atoms. The fourth-order valence-electron chi connectivity index (χ4n) is 0.793. The third-order valence-electron chi connectivity index (χ3n) is 1.53. The molecule has 0 aliphatic heterocycles. The minimum absolute atomic E-state index is 0.117. The van der Waals surface area contributed by atoms with Crippen molar-refractivity contribution in [2.75, 3.05) is 19.8 Å². The normalized spacial score (nSPS) is 13.9. The second-order valence-electron chi connectivity index (χ2n) is 3.02. The van der Waals surface area contributed by atoms with Crippen LogP contribution in [0.25, 0.3) is 0 Å². The summed E-state index contributed by atoms with van der Waals surface area (Å²) in [5.74, 6) is -0.293. The van der Waals surface area contributed by atoms with Gasteiger partial charge in [0, 0.05) is 0 Å². The first-order chi connectivity index (χ1) is 7.97. The van der Waals surface area contributed by atoms with E-state index in [0.717, 1.165) is 0 Å². The number of alkyl halides is 1. The van der Waals surface area contributed by atoms with E-state index in [-0.39, 0.29) is 22.8 Å². The fourth-order valence-corrected chi connectivity index (χ4v) is 2.07. The molecular formula is C10H17BrO4S2. The van der Waals surface area contributed by atoms with Crippen LogP contribution in [0.5, 0.6) is 0 Å². The zero-order chi connectivity index (χ0) is 13.3. The van der Waals surface area contributed by atoms with E-state index in [1.165, 1.54) is 11.8 Å². The van der Waals surface area contributed by atoms with Gasteiger partial charge in [0.2, 0.25) is 4.38 Å². The van der Waals surface area contributed by atoms with Gasteiger partial charge >= 0.3 is 5.97 Å². The molecule has 0 heterocycles. The van der Waals surface area contributed by atoms with Crippen LogP contribution < -0.4 is 0 Å². The Hall–Kier alpha value is 0.150. The Morgan fingerprint density at radius 1 is 1.35 bits per heavy atom. The largest absolute Gasteiger partial charge is 0.479 e. The molecule has 0 aliphatic rings. The average molecular weight is 345 g/mol. The van der Waals surface area contributed by atoms with Crippen molar-refractivity contribution in [1.82, 2.24) is 0 Å². The first kappa shape index (κ1) is 17.2. The van der Waals surface area contributed by atoms with E-state index in [2.05, 4.69) is 15.9 Å². The fraction of sp³-hybridized carbons (Fsp3) is 0.800. The monoisotopic (exact) mass is 344 g/mol. The summed E-state index contributed by atoms with van der Waals surface area (Å²) in [4.78, 5) is 10.8. The van der Waals surface area contributed by atoms with Gasteiger partial charge in [0.1, 0.15) is 16.9 Å². The highest BCUT2D eigenvalue weighted by atomic mass is 79.9. The van der Waals surface area contributed by atoms with Crippen molar-refractivity contribution in [3.63, 3.8) is 0 Å².